The van der Waals surface area contributed by atoms with Crippen molar-refractivity contribution in [1.29, 1.82) is 0 Å². The summed E-state index contributed by atoms with van der Waals surface area (Å²) >= 11 is 0. The van der Waals surface area contributed by atoms with Crippen molar-refractivity contribution >= 4 is 23.0 Å². The van der Waals surface area contributed by atoms with E-state index in [-0.39, 0.29) is 5.91 Å². The molecule has 0 atom stereocenters. The smallest absolute Gasteiger partial charge is 0.255 e. The highest BCUT2D eigenvalue weighted by Crippen LogP contribution is 2.26. The first kappa shape index (κ1) is 18.8. The lowest BCUT2D eigenvalue weighted by atomic mass is 9.98. The number of aryl methyl sites for hydroxylation is 4. The zero-order valence-electron chi connectivity index (χ0n) is 15.7. The Balaban J connectivity index is 2.37. The van der Waals surface area contributed by atoms with Gasteiger partial charge >= 0.3 is 0 Å². The Labute approximate surface area is 150 Å². The van der Waals surface area contributed by atoms with Crippen molar-refractivity contribution in [2.45, 2.75) is 53.4 Å². The van der Waals surface area contributed by atoms with Gasteiger partial charge in [0.25, 0.3) is 5.91 Å². The number of anilines is 3. The molecule has 0 fully saturated rings. The first-order chi connectivity index (χ1) is 11.9. The van der Waals surface area contributed by atoms with E-state index in [2.05, 4.69) is 19.2 Å². The molecular formula is C21H29N3O. The maximum absolute atomic E-state index is 12.8. The van der Waals surface area contributed by atoms with Gasteiger partial charge in [-0.2, -0.15) is 0 Å². The molecule has 25 heavy (non-hydrogen) atoms. The highest BCUT2D eigenvalue weighted by molar-refractivity contribution is 6.05. The SMILES string of the molecule is CCc1cc(NC(=O)c2cc(CC)c(N)c(CC)c2)cc(CC)c1N. The van der Waals surface area contributed by atoms with E-state index in [4.69, 9.17) is 11.5 Å². The van der Waals surface area contributed by atoms with Gasteiger partial charge in [-0.15, -0.1) is 0 Å². The van der Waals surface area contributed by atoms with Crippen LogP contribution in [0.3, 0.4) is 0 Å². The maximum Gasteiger partial charge on any atom is 0.255 e. The average molecular weight is 339 g/mol. The molecule has 0 bridgehead atoms. The lowest BCUT2D eigenvalue weighted by Crippen LogP contribution is -2.14. The molecule has 0 spiro atoms. The van der Waals surface area contributed by atoms with Gasteiger partial charge in [0.1, 0.15) is 0 Å². The fourth-order valence-corrected chi connectivity index (χ4v) is 3.13. The highest BCUT2D eigenvalue weighted by atomic mass is 16.1. The molecule has 1 amide bonds. The number of carbonyl (C=O) groups is 1. The van der Waals surface area contributed by atoms with E-state index in [0.29, 0.717) is 5.56 Å². The second-order valence-electron chi connectivity index (χ2n) is 6.28. The molecule has 0 heterocycles. The Kier molecular flexibility index (Phi) is 6.07. The Morgan fingerprint density at radius 3 is 1.48 bits per heavy atom. The fourth-order valence-electron chi connectivity index (χ4n) is 3.13. The molecule has 4 nitrogen and oxygen atoms in total. The third-order valence-electron chi connectivity index (χ3n) is 4.75. The molecular weight excluding hydrogens is 310 g/mol. The fraction of sp³-hybridized carbons (Fsp3) is 0.381. The zero-order chi connectivity index (χ0) is 18.6. The Morgan fingerprint density at radius 2 is 1.12 bits per heavy atom. The molecule has 2 aromatic rings. The van der Waals surface area contributed by atoms with Gasteiger partial charge < -0.3 is 16.8 Å². The van der Waals surface area contributed by atoms with Gasteiger partial charge in [0, 0.05) is 22.6 Å². The van der Waals surface area contributed by atoms with E-state index < -0.39 is 0 Å². The lowest BCUT2D eigenvalue weighted by molar-refractivity contribution is 0.102. The van der Waals surface area contributed by atoms with Crippen LogP contribution in [0, 0.1) is 0 Å². The van der Waals surface area contributed by atoms with Crippen LogP contribution < -0.4 is 16.8 Å². The van der Waals surface area contributed by atoms with Crippen molar-refractivity contribution in [3.05, 3.63) is 52.1 Å². The normalized spacial score (nSPS) is 10.7. The van der Waals surface area contributed by atoms with E-state index >= 15 is 0 Å². The Bertz CT molecular complexity index is 731. The van der Waals surface area contributed by atoms with Crippen LogP contribution in [0.25, 0.3) is 0 Å². The molecule has 0 aliphatic rings. The summed E-state index contributed by atoms with van der Waals surface area (Å²) in [5.41, 5.74) is 19.6. The van der Waals surface area contributed by atoms with Gasteiger partial charge in [-0.05, 0) is 72.2 Å². The molecule has 0 saturated heterocycles. The van der Waals surface area contributed by atoms with Crippen LogP contribution in [-0.2, 0) is 25.7 Å². The summed E-state index contributed by atoms with van der Waals surface area (Å²) in [4.78, 5) is 12.8. The summed E-state index contributed by atoms with van der Waals surface area (Å²) in [6.45, 7) is 8.23. The van der Waals surface area contributed by atoms with Gasteiger partial charge in [-0.3, -0.25) is 4.79 Å². The Hall–Kier alpha value is -2.49. The van der Waals surface area contributed by atoms with E-state index in [1.54, 1.807) is 0 Å². The number of carbonyl (C=O) groups excluding carboxylic acids is 1. The second-order valence-corrected chi connectivity index (χ2v) is 6.28. The number of amides is 1. The predicted molar refractivity (Wildman–Crippen MR) is 107 cm³/mol. The molecule has 0 aliphatic heterocycles. The minimum atomic E-state index is -0.113. The maximum atomic E-state index is 12.8. The van der Waals surface area contributed by atoms with Gasteiger partial charge in [-0.25, -0.2) is 0 Å². The number of nitrogens with two attached hydrogens (primary N) is 2. The van der Waals surface area contributed by atoms with Crippen molar-refractivity contribution in [2.24, 2.45) is 0 Å². The third kappa shape index (κ3) is 3.95. The van der Waals surface area contributed by atoms with E-state index in [9.17, 15) is 4.79 Å². The van der Waals surface area contributed by atoms with Crippen molar-refractivity contribution in [1.82, 2.24) is 0 Å². The molecule has 4 heteroatoms. The quantitative estimate of drug-likeness (QED) is 0.684. The summed E-state index contributed by atoms with van der Waals surface area (Å²) in [6.07, 6.45) is 3.29. The molecule has 134 valence electrons. The first-order valence-electron chi connectivity index (χ1n) is 9.08. The molecule has 0 aromatic heterocycles. The topological polar surface area (TPSA) is 81.1 Å². The third-order valence-corrected chi connectivity index (χ3v) is 4.75. The number of nitrogens with one attached hydrogen (secondary N) is 1. The average Bonchev–Trinajstić information content (AvgIpc) is 2.62. The van der Waals surface area contributed by atoms with Crippen LogP contribution in [0.15, 0.2) is 24.3 Å². The molecule has 2 aromatic carbocycles. The van der Waals surface area contributed by atoms with Crippen LogP contribution in [0.4, 0.5) is 17.1 Å². The zero-order valence-corrected chi connectivity index (χ0v) is 15.7. The summed E-state index contributed by atoms with van der Waals surface area (Å²) < 4.78 is 0. The van der Waals surface area contributed by atoms with Gasteiger partial charge in [0.2, 0.25) is 0 Å². The number of benzene rings is 2. The minimum absolute atomic E-state index is 0.113. The highest BCUT2D eigenvalue weighted by Gasteiger charge is 2.13. The van der Waals surface area contributed by atoms with Crippen molar-refractivity contribution in [3.63, 3.8) is 0 Å². The Morgan fingerprint density at radius 1 is 0.760 bits per heavy atom. The second kappa shape index (κ2) is 8.06. The van der Waals surface area contributed by atoms with Crippen LogP contribution in [0.2, 0.25) is 0 Å². The molecule has 5 N–H and O–H groups in total. The molecule has 0 radical (unpaired) electrons. The standard InChI is InChI=1S/C21H29N3O/c1-5-13-9-17(10-14(6-2)19(13)22)21(25)24-18-11-15(7-3)20(23)16(8-4)12-18/h9-12H,5-8,22-23H2,1-4H3,(H,24,25). The number of rotatable bonds is 6. The minimum Gasteiger partial charge on any atom is -0.398 e. The van der Waals surface area contributed by atoms with Crippen LogP contribution in [0.5, 0.6) is 0 Å². The van der Waals surface area contributed by atoms with Crippen molar-refractivity contribution in [3.8, 4) is 0 Å². The number of hydrogen-bond donors (Lipinski definition) is 3. The number of nitrogen functional groups attached to an aromatic ring is 2. The molecule has 0 aliphatic carbocycles. The van der Waals surface area contributed by atoms with Crippen LogP contribution in [-0.4, -0.2) is 5.91 Å². The lowest BCUT2D eigenvalue weighted by Gasteiger charge is -2.15. The van der Waals surface area contributed by atoms with Crippen LogP contribution >= 0.6 is 0 Å². The summed E-state index contributed by atoms with van der Waals surface area (Å²) in [5, 5.41) is 3.02. The molecule has 0 unspecified atom stereocenters. The monoisotopic (exact) mass is 339 g/mol. The van der Waals surface area contributed by atoms with Crippen molar-refractivity contribution in [2.75, 3.05) is 16.8 Å². The van der Waals surface area contributed by atoms with Gasteiger partial charge in [-0.1, -0.05) is 27.7 Å². The molecule has 2 rings (SSSR count). The molecule has 0 saturated carbocycles. The number of hydrogen-bond acceptors (Lipinski definition) is 3. The van der Waals surface area contributed by atoms with E-state index in [1.807, 2.05) is 38.1 Å². The first-order valence-corrected chi connectivity index (χ1v) is 9.08. The van der Waals surface area contributed by atoms with Gasteiger partial charge in [0.15, 0.2) is 0 Å². The summed E-state index contributed by atoms with van der Waals surface area (Å²) in [6, 6.07) is 7.71. The largest absolute Gasteiger partial charge is 0.398 e. The van der Waals surface area contributed by atoms with E-state index in [1.165, 1.54) is 0 Å². The van der Waals surface area contributed by atoms with E-state index in [0.717, 1.165) is 65.0 Å². The summed E-state index contributed by atoms with van der Waals surface area (Å²) in [7, 11) is 0. The van der Waals surface area contributed by atoms with Crippen molar-refractivity contribution < 1.29 is 4.79 Å². The van der Waals surface area contributed by atoms with Crippen LogP contribution in [0.1, 0.15) is 60.3 Å². The summed E-state index contributed by atoms with van der Waals surface area (Å²) in [5.74, 6) is -0.113. The van der Waals surface area contributed by atoms with Gasteiger partial charge in [0.05, 0.1) is 0 Å². The predicted octanol–water partition coefficient (Wildman–Crippen LogP) is 4.35.